The summed E-state index contributed by atoms with van der Waals surface area (Å²) in [7, 11) is 1.95. The highest BCUT2D eigenvalue weighted by atomic mass is 79.9. The van der Waals surface area contributed by atoms with Gasteiger partial charge in [0.1, 0.15) is 11.9 Å². The van der Waals surface area contributed by atoms with Crippen molar-refractivity contribution in [3.05, 3.63) is 63.6 Å². The van der Waals surface area contributed by atoms with Crippen molar-refractivity contribution in [3.63, 3.8) is 0 Å². The molecule has 2 aromatic rings. The zero-order chi connectivity index (χ0) is 16.6. The lowest BCUT2D eigenvalue weighted by atomic mass is 10.0. The van der Waals surface area contributed by atoms with Crippen LogP contribution < -0.4 is 4.52 Å². The lowest BCUT2D eigenvalue weighted by Gasteiger charge is -2.24. The van der Waals surface area contributed by atoms with Crippen LogP contribution in [0.4, 0.5) is 0 Å². The van der Waals surface area contributed by atoms with Crippen LogP contribution in [0.1, 0.15) is 18.6 Å². The third kappa shape index (κ3) is 3.51. The Kier molecular flexibility index (Phi) is 5.17. The van der Waals surface area contributed by atoms with Crippen LogP contribution in [-0.4, -0.2) is 17.8 Å². The highest BCUT2D eigenvalue weighted by Crippen LogP contribution is 2.63. The maximum absolute atomic E-state index is 6.25. The maximum atomic E-state index is 6.25. The summed E-state index contributed by atoms with van der Waals surface area (Å²) in [4.78, 5) is 0. The van der Waals surface area contributed by atoms with Crippen LogP contribution in [0.15, 0.2) is 53.0 Å². The molecule has 3 atom stereocenters. The minimum atomic E-state index is -2.64. The fraction of sp³-hybridized carbons (Fsp3) is 0.250. The molecule has 1 aliphatic rings. The van der Waals surface area contributed by atoms with Crippen molar-refractivity contribution in [3.8, 4) is 5.75 Å². The molecular formula is C16H16BrClNO2PS. The number of hydrogen-bond acceptors (Lipinski definition) is 3. The molecule has 1 aliphatic heterocycles. The van der Waals surface area contributed by atoms with E-state index in [9.17, 15) is 0 Å². The van der Waals surface area contributed by atoms with Gasteiger partial charge in [0.2, 0.25) is 0 Å². The van der Waals surface area contributed by atoms with Gasteiger partial charge in [-0.15, -0.1) is 0 Å². The normalized spacial score (nSPS) is 28.0. The lowest BCUT2D eigenvalue weighted by Crippen LogP contribution is -2.24. The summed E-state index contributed by atoms with van der Waals surface area (Å²) in [6, 6.07) is 15.7. The van der Waals surface area contributed by atoms with Crippen molar-refractivity contribution < 1.29 is 9.05 Å². The summed E-state index contributed by atoms with van der Waals surface area (Å²) in [5.74, 6) is 0.547. The molecule has 0 radical (unpaired) electrons. The second-order valence-electron chi connectivity index (χ2n) is 5.39. The summed E-state index contributed by atoms with van der Waals surface area (Å²) in [6.07, 6.45) is -0.110. The molecule has 3 nitrogen and oxygen atoms in total. The Morgan fingerprint density at radius 3 is 2.61 bits per heavy atom. The molecule has 0 aromatic heterocycles. The minimum Gasteiger partial charge on any atom is -0.431 e. The zero-order valence-corrected chi connectivity index (χ0v) is 16.7. The second-order valence-corrected chi connectivity index (χ2v) is 10.1. The van der Waals surface area contributed by atoms with E-state index < -0.39 is 6.64 Å². The molecule has 0 amide bonds. The maximum Gasteiger partial charge on any atom is 0.316 e. The first kappa shape index (κ1) is 17.4. The molecule has 0 unspecified atom stereocenters. The lowest BCUT2D eigenvalue weighted by molar-refractivity contribution is 0.210. The SMILES string of the molecule is C[C@H]1[C@@H](c2ccccc2)O[P@@](=S)(Oc2ccc(Br)cc2Cl)N1C. The molecule has 0 aliphatic carbocycles. The minimum absolute atomic E-state index is 0.110. The molecule has 3 rings (SSSR count). The molecule has 7 heteroatoms. The van der Waals surface area contributed by atoms with Crippen molar-refractivity contribution in [2.75, 3.05) is 7.05 Å². The van der Waals surface area contributed by atoms with Crippen LogP contribution >= 0.6 is 34.2 Å². The van der Waals surface area contributed by atoms with Gasteiger partial charge in [0.05, 0.1) is 5.02 Å². The molecule has 122 valence electrons. The number of likely N-dealkylation sites (N-methyl/N-ethyl adjacent to an activating group) is 1. The molecule has 0 bridgehead atoms. The van der Waals surface area contributed by atoms with Crippen LogP contribution in [-0.2, 0) is 16.3 Å². The van der Waals surface area contributed by atoms with Gasteiger partial charge in [0.15, 0.2) is 0 Å². The Labute approximate surface area is 154 Å². The average Bonchev–Trinajstić information content (AvgIpc) is 2.76. The van der Waals surface area contributed by atoms with Gasteiger partial charge in [-0.2, -0.15) is 0 Å². The summed E-state index contributed by atoms with van der Waals surface area (Å²) >= 11 is 15.4. The summed E-state index contributed by atoms with van der Waals surface area (Å²) in [5.41, 5.74) is 1.10. The van der Waals surface area contributed by atoms with Gasteiger partial charge < -0.3 is 4.52 Å². The van der Waals surface area contributed by atoms with Gasteiger partial charge in [0.25, 0.3) is 0 Å². The smallest absolute Gasteiger partial charge is 0.316 e. The van der Waals surface area contributed by atoms with E-state index >= 15 is 0 Å². The Morgan fingerprint density at radius 2 is 1.96 bits per heavy atom. The highest BCUT2D eigenvalue weighted by molar-refractivity contribution is 9.10. The van der Waals surface area contributed by atoms with E-state index in [4.69, 9.17) is 32.5 Å². The van der Waals surface area contributed by atoms with E-state index in [0.29, 0.717) is 10.8 Å². The zero-order valence-electron chi connectivity index (χ0n) is 12.6. The van der Waals surface area contributed by atoms with Crippen molar-refractivity contribution in [2.45, 2.75) is 19.1 Å². The van der Waals surface area contributed by atoms with Crippen LogP contribution in [0.2, 0.25) is 5.02 Å². The van der Waals surface area contributed by atoms with E-state index in [1.54, 1.807) is 12.1 Å². The standard InChI is InChI=1S/C16H16BrClNO2PS/c1-11-16(12-6-4-3-5-7-12)21-22(23,19(11)2)20-15-9-8-13(17)10-14(15)18/h3-11,16H,1-2H3/t11-,16-,22-/m0/s1. The van der Waals surface area contributed by atoms with Gasteiger partial charge >= 0.3 is 6.64 Å². The Bertz CT molecular complexity index is 761. The quantitative estimate of drug-likeness (QED) is 0.572. The molecule has 0 saturated carbocycles. The van der Waals surface area contributed by atoms with Gasteiger partial charge in [0, 0.05) is 10.5 Å². The molecule has 1 saturated heterocycles. The van der Waals surface area contributed by atoms with Gasteiger partial charge in [-0.25, -0.2) is 4.67 Å². The Morgan fingerprint density at radius 1 is 1.26 bits per heavy atom. The third-order valence-corrected chi connectivity index (χ3v) is 8.00. The molecular weight excluding hydrogens is 417 g/mol. The van der Waals surface area contributed by atoms with Crippen molar-refractivity contribution >= 4 is 46.0 Å². The van der Waals surface area contributed by atoms with Crippen LogP contribution in [0.5, 0.6) is 5.75 Å². The largest absolute Gasteiger partial charge is 0.431 e. The van der Waals surface area contributed by atoms with Crippen molar-refractivity contribution in [2.24, 2.45) is 0 Å². The molecule has 23 heavy (non-hydrogen) atoms. The molecule has 0 N–H and O–H groups in total. The highest BCUT2D eigenvalue weighted by Gasteiger charge is 2.45. The molecule has 1 heterocycles. The van der Waals surface area contributed by atoms with E-state index in [-0.39, 0.29) is 12.1 Å². The topological polar surface area (TPSA) is 21.7 Å². The second kappa shape index (κ2) is 6.83. The van der Waals surface area contributed by atoms with E-state index in [1.165, 1.54) is 0 Å². The van der Waals surface area contributed by atoms with Gasteiger partial charge in [-0.05, 0) is 49.5 Å². The van der Waals surface area contributed by atoms with Crippen LogP contribution in [0.25, 0.3) is 0 Å². The van der Waals surface area contributed by atoms with Crippen LogP contribution in [0, 0.1) is 0 Å². The van der Waals surface area contributed by atoms with Crippen molar-refractivity contribution in [1.82, 2.24) is 4.67 Å². The number of nitrogens with zero attached hydrogens (tertiary/aromatic N) is 1. The number of rotatable bonds is 3. The fourth-order valence-corrected chi connectivity index (χ4v) is 6.08. The monoisotopic (exact) mass is 431 g/mol. The third-order valence-electron chi connectivity index (χ3n) is 3.90. The average molecular weight is 433 g/mol. The molecule has 1 fully saturated rings. The molecule has 0 spiro atoms. The summed E-state index contributed by atoms with van der Waals surface area (Å²) in [5, 5.41) is 0.511. The first-order valence-electron chi connectivity index (χ1n) is 7.12. The summed E-state index contributed by atoms with van der Waals surface area (Å²) < 4.78 is 15.2. The Hall–Kier alpha value is -0.420. The summed E-state index contributed by atoms with van der Waals surface area (Å²) in [6.45, 7) is -0.540. The van der Waals surface area contributed by atoms with Crippen LogP contribution in [0.3, 0.4) is 0 Å². The van der Waals surface area contributed by atoms with E-state index in [2.05, 4.69) is 22.9 Å². The van der Waals surface area contributed by atoms with E-state index in [0.717, 1.165) is 10.0 Å². The van der Waals surface area contributed by atoms with Gasteiger partial charge in [-0.3, -0.25) is 4.52 Å². The predicted octanol–water partition coefficient (Wildman–Crippen LogP) is 5.80. The Balaban J connectivity index is 1.88. The van der Waals surface area contributed by atoms with Crippen molar-refractivity contribution in [1.29, 1.82) is 0 Å². The first-order valence-corrected chi connectivity index (χ1v) is 10.9. The number of hydrogen-bond donors (Lipinski definition) is 0. The fourth-order valence-electron chi connectivity index (χ4n) is 2.47. The van der Waals surface area contributed by atoms with Gasteiger partial charge in [-0.1, -0.05) is 57.9 Å². The molecule has 2 aromatic carbocycles. The first-order chi connectivity index (χ1) is 10.9. The predicted molar refractivity (Wildman–Crippen MR) is 102 cm³/mol. The van der Waals surface area contributed by atoms with E-state index in [1.807, 2.05) is 48.1 Å². The number of benzene rings is 2. The number of halogens is 2.